The zero-order valence-electron chi connectivity index (χ0n) is 17.5. The molecule has 1 aliphatic heterocycles. The number of amides is 1. The van der Waals surface area contributed by atoms with Gasteiger partial charge in [-0.1, -0.05) is 18.2 Å². The van der Waals surface area contributed by atoms with Gasteiger partial charge in [-0.25, -0.2) is 25.6 Å². The van der Waals surface area contributed by atoms with E-state index < -0.39 is 43.6 Å². The quantitative estimate of drug-likeness (QED) is 0.618. The van der Waals surface area contributed by atoms with Crippen LogP contribution < -0.4 is 4.31 Å². The van der Waals surface area contributed by atoms with Gasteiger partial charge in [0.1, 0.15) is 6.04 Å². The number of sulfonamides is 2. The number of anilines is 1. The summed E-state index contributed by atoms with van der Waals surface area (Å²) < 4.78 is 79.2. The van der Waals surface area contributed by atoms with Crippen LogP contribution >= 0.6 is 0 Å². The Balaban J connectivity index is 1.76. The summed E-state index contributed by atoms with van der Waals surface area (Å²) in [6.45, 7) is 1.55. The van der Waals surface area contributed by atoms with Crippen LogP contribution in [0, 0.1) is 11.6 Å². The summed E-state index contributed by atoms with van der Waals surface area (Å²) in [6.07, 6.45) is 0.864. The van der Waals surface area contributed by atoms with Crippen LogP contribution in [0.3, 0.4) is 0 Å². The van der Waals surface area contributed by atoms with Crippen molar-refractivity contribution >= 4 is 31.6 Å². The molecule has 0 radical (unpaired) electrons. The van der Waals surface area contributed by atoms with E-state index in [0.29, 0.717) is 6.07 Å². The molecular weight excluding hydrogens is 464 g/mol. The highest BCUT2D eigenvalue weighted by Gasteiger charge is 2.35. The molecule has 174 valence electrons. The molecule has 0 aliphatic carbocycles. The molecule has 32 heavy (non-hydrogen) atoms. The van der Waals surface area contributed by atoms with Crippen molar-refractivity contribution < 1.29 is 30.4 Å². The van der Waals surface area contributed by atoms with Gasteiger partial charge in [-0.15, -0.1) is 0 Å². The molecule has 2 aromatic rings. The Labute approximate surface area is 186 Å². The van der Waals surface area contributed by atoms with E-state index in [1.54, 1.807) is 18.2 Å². The predicted octanol–water partition coefficient (Wildman–Crippen LogP) is 1.65. The van der Waals surface area contributed by atoms with Crippen molar-refractivity contribution in [3.8, 4) is 0 Å². The number of carbonyl (C=O) groups is 1. The lowest BCUT2D eigenvalue weighted by Gasteiger charge is -2.37. The molecule has 0 spiro atoms. The topological polar surface area (TPSA) is 95.1 Å². The van der Waals surface area contributed by atoms with Crippen molar-refractivity contribution in [2.24, 2.45) is 0 Å². The average Bonchev–Trinajstić information content (AvgIpc) is 2.75. The van der Waals surface area contributed by atoms with Crippen molar-refractivity contribution in [1.82, 2.24) is 9.21 Å². The molecule has 0 aromatic heterocycles. The Hall–Kier alpha value is -2.57. The zero-order chi connectivity index (χ0) is 23.7. The molecule has 0 N–H and O–H groups in total. The van der Waals surface area contributed by atoms with Crippen molar-refractivity contribution in [3.05, 3.63) is 60.2 Å². The van der Waals surface area contributed by atoms with E-state index in [1.165, 1.54) is 28.3 Å². The molecule has 1 aliphatic rings. The molecular formula is C20H23F2N3O5S2. The largest absolute Gasteiger partial charge is 0.338 e. The standard InChI is InChI=1S/C20H23F2N3O5S2/c1-15(25(31(2,27)28)16-8-9-18(21)19(22)14-16)20(26)23-10-12-24(13-11-23)32(29,30)17-6-4-3-5-7-17/h3-9,14-15H,10-13H2,1-2H3. The number of carbonyl (C=O) groups excluding carboxylic acids is 1. The highest BCUT2D eigenvalue weighted by molar-refractivity contribution is 7.92. The Kier molecular flexibility index (Phi) is 6.86. The fourth-order valence-corrected chi connectivity index (χ4v) is 6.18. The summed E-state index contributed by atoms with van der Waals surface area (Å²) in [5, 5.41) is 0. The molecule has 3 rings (SSSR count). The van der Waals surface area contributed by atoms with Crippen molar-refractivity contribution in [1.29, 1.82) is 0 Å². The number of hydrogen-bond acceptors (Lipinski definition) is 5. The van der Waals surface area contributed by atoms with Gasteiger partial charge in [0.2, 0.25) is 26.0 Å². The highest BCUT2D eigenvalue weighted by atomic mass is 32.2. The lowest BCUT2D eigenvalue weighted by atomic mass is 10.2. The van der Waals surface area contributed by atoms with Gasteiger partial charge in [0.15, 0.2) is 11.6 Å². The third kappa shape index (κ3) is 4.92. The lowest BCUT2D eigenvalue weighted by molar-refractivity contribution is -0.133. The molecule has 1 heterocycles. The van der Waals surface area contributed by atoms with Crippen LogP contribution in [-0.2, 0) is 24.8 Å². The first kappa shape index (κ1) is 24.1. The maximum Gasteiger partial charge on any atom is 0.246 e. The molecule has 0 bridgehead atoms. The summed E-state index contributed by atoms with van der Waals surface area (Å²) in [5.41, 5.74) is -0.183. The van der Waals surface area contributed by atoms with Crippen LogP contribution in [0.5, 0.6) is 0 Å². The summed E-state index contributed by atoms with van der Waals surface area (Å²) in [4.78, 5) is 14.5. The van der Waals surface area contributed by atoms with E-state index in [2.05, 4.69) is 0 Å². The number of piperazine rings is 1. The molecule has 0 saturated carbocycles. The minimum Gasteiger partial charge on any atom is -0.338 e. The molecule has 1 fully saturated rings. The summed E-state index contributed by atoms with van der Waals surface area (Å²) in [7, 11) is -7.72. The predicted molar refractivity (Wildman–Crippen MR) is 115 cm³/mol. The number of nitrogens with zero attached hydrogens (tertiary/aromatic N) is 3. The molecule has 1 unspecified atom stereocenters. The normalized spacial score (nSPS) is 16.6. The first-order valence-electron chi connectivity index (χ1n) is 9.71. The van der Waals surface area contributed by atoms with Crippen LogP contribution in [0.15, 0.2) is 53.4 Å². The van der Waals surface area contributed by atoms with Crippen LogP contribution in [0.1, 0.15) is 6.92 Å². The van der Waals surface area contributed by atoms with Gasteiger partial charge in [0.05, 0.1) is 16.8 Å². The van der Waals surface area contributed by atoms with E-state index in [-0.39, 0.29) is 36.8 Å². The van der Waals surface area contributed by atoms with Crippen molar-refractivity contribution in [2.45, 2.75) is 17.9 Å². The van der Waals surface area contributed by atoms with Gasteiger partial charge in [0.25, 0.3) is 0 Å². The second-order valence-electron chi connectivity index (χ2n) is 7.38. The Morgan fingerprint density at radius 3 is 2.06 bits per heavy atom. The van der Waals surface area contributed by atoms with Crippen molar-refractivity contribution in [2.75, 3.05) is 36.7 Å². The maximum absolute atomic E-state index is 13.7. The maximum atomic E-state index is 13.7. The number of hydrogen-bond donors (Lipinski definition) is 0. The SMILES string of the molecule is CC(C(=O)N1CCN(S(=O)(=O)c2ccccc2)CC1)N(c1ccc(F)c(F)c1)S(C)(=O)=O. The molecule has 2 aromatic carbocycles. The van der Waals surface area contributed by atoms with E-state index in [1.807, 2.05) is 0 Å². The fraction of sp³-hybridized carbons (Fsp3) is 0.350. The summed E-state index contributed by atoms with van der Waals surface area (Å²) >= 11 is 0. The van der Waals surface area contributed by atoms with E-state index in [0.717, 1.165) is 22.7 Å². The van der Waals surface area contributed by atoms with Gasteiger partial charge in [-0.3, -0.25) is 9.10 Å². The molecule has 12 heteroatoms. The minimum absolute atomic E-state index is 0.0414. The lowest BCUT2D eigenvalue weighted by Crippen LogP contribution is -2.56. The van der Waals surface area contributed by atoms with E-state index in [4.69, 9.17) is 0 Å². The summed E-state index contributed by atoms with van der Waals surface area (Å²) in [5.74, 6) is -2.95. The first-order chi connectivity index (χ1) is 14.9. The average molecular weight is 488 g/mol. The molecule has 8 nitrogen and oxygen atoms in total. The third-order valence-electron chi connectivity index (χ3n) is 5.16. The van der Waals surface area contributed by atoms with Crippen molar-refractivity contribution in [3.63, 3.8) is 0 Å². The first-order valence-corrected chi connectivity index (χ1v) is 13.0. The van der Waals surface area contributed by atoms with E-state index >= 15 is 0 Å². The fourth-order valence-electron chi connectivity index (χ4n) is 3.58. The van der Waals surface area contributed by atoms with Gasteiger partial charge in [-0.2, -0.15) is 4.31 Å². The van der Waals surface area contributed by atoms with Gasteiger partial charge < -0.3 is 4.90 Å². The van der Waals surface area contributed by atoms with Crippen LogP contribution in [0.2, 0.25) is 0 Å². The van der Waals surface area contributed by atoms with Crippen LogP contribution in [0.25, 0.3) is 0 Å². The molecule has 1 atom stereocenters. The second kappa shape index (κ2) is 9.12. The van der Waals surface area contributed by atoms with Crippen LogP contribution in [-0.4, -0.2) is 70.4 Å². The van der Waals surface area contributed by atoms with Gasteiger partial charge in [-0.05, 0) is 31.2 Å². The second-order valence-corrected chi connectivity index (χ2v) is 11.2. The number of rotatable bonds is 6. The number of halogens is 2. The Bertz CT molecular complexity index is 1200. The summed E-state index contributed by atoms with van der Waals surface area (Å²) in [6, 6.07) is 9.25. The van der Waals surface area contributed by atoms with E-state index in [9.17, 15) is 30.4 Å². The number of benzene rings is 2. The smallest absolute Gasteiger partial charge is 0.246 e. The van der Waals surface area contributed by atoms with Gasteiger partial charge >= 0.3 is 0 Å². The minimum atomic E-state index is -4.01. The highest BCUT2D eigenvalue weighted by Crippen LogP contribution is 2.25. The third-order valence-corrected chi connectivity index (χ3v) is 8.31. The Morgan fingerprint density at radius 2 is 1.53 bits per heavy atom. The Morgan fingerprint density at radius 1 is 0.938 bits per heavy atom. The zero-order valence-corrected chi connectivity index (χ0v) is 19.1. The van der Waals surface area contributed by atoms with Crippen LogP contribution in [0.4, 0.5) is 14.5 Å². The molecule has 1 amide bonds. The van der Waals surface area contributed by atoms with Gasteiger partial charge in [0, 0.05) is 32.2 Å². The molecule has 1 saturated heterocycles. The monoisotopic (exact) mass is 487 g/mol.